The van der Waals surface area contributed by atoms with E-state index in [1.54, 1.807) is 0 Å². The normalized spacial score (nSPS) is 16.9. The maximum Gasteiger partial charge on any atom is 0.354 e. The molecule has 0 spiro atoms. The van der Waals surface area contributed by atoms with Crippen LogP contribution in [-0.2, 0) is 0 Å². The minimum atomic E-state index is -1.12. The molecule has 1 heterocycles. The van der Waals surface area contributed by atoms with E-state index in [1.165, 1.54) is 31.2 Å². The number of aromatic nitrogens is 1. The van der Waals surface area contributed by atoms with Crippen LogP contribution in [0.15, 0.2) is 18.3 Å². The van der Waals surface area contributed by atoms with E-state index in [4.69, 9.17) is 5.11 Å². The number of carbonyl (C=O) groups excluding carboxylic acids is 1. The van der Waals surface area contributed by atoms with Gasteiger partial charge >= 0.3 is 5.97 Å². The van der Waals surface area contributed by atoms with Crippen molar-refractivity contribution in [2.24, 2.45) is 5.41 Å². The average molecular weight is 276 g/mol. The second-order valence-electron chi connectivity index (χ2n) is 5.48. The van der Waals surface area contributed by atoms with Gasteiger partial charge in [-0.25, -0.2) is 9.78 Å². The number of pyridine rings is 1. The third kappa shape index (κ3) is 3.15. The van der Waals surface area contributed by atoms with E-state index in [-0.39, 0.29) is 17.0 Å². The summed E-state index contributed by atoms with van der Waals surface area (Å²) < 4.78 is 0. The van der Waals surface area contributed by atoms with E-state index >= 15 is 0 Å². The molecular formula is C15H20N2O3. The minimum Gasteiger partial charge on any atom is -0.477 e. The lowest BCUT2D eigenvalue weighted by molar-refractivity contribution is 0.0690. The number of carboxylic acids is 1. The Morgan fingerprint density at radius 2 is 2.10 bits per heavy atom. The van der Waals surface area contributed by atoms with Crippen LogP contribution in [0, 0.1) is 5.41 Å². The summed E-state index contributed by atoms with van der Waals surface area (Å²) >= 11 is 0. The highest BCUT2D eigenvalue weighted by molar-refractivity contribution is 5.96. The average Bonchev–Trinajstić information content (AvgIpc) is 2.94. The van der Waals surface area contributed by atoms with Crippen LogP contribution in [0.4, 0.5) is 0 Å². The lowest BCUT2D eigenvalue weighted by atomic mass is 9.83. The van der Waals surface area contributed by atoms with Crippen LogP contribution in [0.3, 0.4) is 0 Å². The Morgan fingerprint density at radius 3 is 2.70 bits per heavy atom. The number of nitrogens with zero attached hydrogens (tertiary/aromatic N) is 1. The fourth-order valence-electron chi connectivity index (χ4n) is 2.84. The maximum atomic E-state index is 12.1. The number of carbonyl (C=O) groups is 2. The van der Waals surface area contributed by atoms with Gasteiger partial charge in [-0.15, -0.1) is 0 Å². The molecule has 5 nitrogen and oxygen atoms in total. The first kappa shape index (κ1) is 14.5. The molecule has 1 saturated carbocycles. The zero-order valence-corrected chi connectivity index (χ0v) is 11.7. The van der Waals surface area contributed by atoms with Crippen LogP contribution < -0.4 is 5.32 Å². The second-order valence-corrected chi connectivity index (χ2v) is 5.48. The Bertz CT molecular complexity index is 508. The lowest BCUT2D eigenvalue weighted by Crippen LogP contribution is -2.35. The Morgan fingerprint density at radius 1 is 1.40 bits per heavy atom. The van der Waals surface area contributed by atoms with Gasteiger partial charge in [-0.05, 0) is 36.8 Å². The van der Waals surface area contributed by atoms with Gasteiger partial charge in [-0.2, -0.15) is 0 Å². The van der Waals surface area contributed by atoms with Crippen LogP contribution in [-0.4, -0.2) is 28.5 Å². The van der Waals surface area contributed by atoms with Crippen molar-refractivity contribution in [3.8, 4) is 0 Å². The van der Waals surface area contributed by atoms with E-state index in [2.05, 4.69) is 17.2 Å². The molecule has 0 unspecified atom stereocenters. The van der Waals surface area contributed by atoms with Crippen molar-refractivity contribution in [2.75, 3.05) is 6.54 Å². The number of hydrogen-bond acceptors (Lipinski definition) is 3. The van der Waals surface area contributed by atoms with Gasteiger partial charge in [0.2, 0.25) is 0 Å². The van der Waals surface area contributed by atoms with Crippen LogP contribution in [0.25, 0.3) is 0 Å². The predicted octanol–water partition coefficient (Wildman–Crippen LogP) is 2.48. The predicted molar refractivity (Wildman–Crippen MR) is 74.7 cm³/mol. The van der Waals surface area contributed by atoms with Crippen molar-refractivity contribution in [3.05, 3.63) is 29.6 Å². The van der Waals surface area contributed by atoms with Crippen LogP contribution in [0.2, 0.25) is 0 Å². The van der Waals surface area contributed by atoms with Gasteiger partial charge in [0.15, 0.2) is 0 Å². The third-order valence-corrected chi connectivity index (χ3v) is 4.28. The van der Waals surface area contributed by atoms with E-state index in [0.717, 1.165) is 19.3 Å². The molecule has 5 heteroatoms. The van der Waals surface area contributed by atoms with Crippen molar-refractivity contribution in [3.63, 3.8) is 0 Å². The number of hydrogen-bond donors (Lipinski definition) is 2. The van der Waals surface area contributed by atoms with Crippen LogP contribution >= 0.6 is 0 Å². The van der Waals surface area contributed by atoms with Gasteiger partial charge in [0, 0.05) is 18.3 Å². The summed E-state index contributed by atoms with van der Waals surface area (Å²) in [5.74, 6) is -1.35. The quantitative estimate of drug-likeness (QED) is 0.866. The molecule has 0 saturated heterocycles. The summed E-state index contributed by atoms with van der Waals surface area (Å²) in [6, 6.07) is 2.85. The molecule has 0 bridgehead atoms. The fraction of sp³-hybridized carbons (Fsp3) is 0.533. The summed E-state index contributed by atoms with van der Waals surface area (Å²) in [6.07, 6.45) is 7.17. The molecule has 2 N–H and O–H groups in total. The topological polar surface area (TPSA) is 79.3 Å². The van der Waals surface area contributed by atoms with Gasteiger partial charge in [-0.1, -0.05) is 19.8 Å². The van der Waals surface area contributed by atoms with Gasteiger partial charge in [0.25, 0.3) is 5.91 Å². The third-order valence-electron chi connectivity index (χ3n) is 4.28. The molecule has 108 valence electrons. The second kappa shape index (κ2) is 6.03. The number of carboxylic acid groups (broad SMARTS) is 1. The standard InChI is InChI=1S/C15H20N2O3/c1-2-15(6-3-4-7-15)10-17-13(18)11-5-8-16-12(9-11)14(19)20/h5,8-9H,2-4,6-7,10H2,1H3,(H,17,18)(H,19,20). The zero-order valence-electron chi connectivity index (χ0n) is 11.7. The molecule has 1 amide bonds. The molecule has 0 aliphatic heterocycles. The highest BCUT2D eigenvalue weighted by atomic mass is 16.4. The van der Waals surface area contributed by atoms with Gasteiger partial charge in [0.05, 0.1) is 0 Å². The first-order valence-corrected chi connectivity index (χ1v) is 7.04. The van der Waals surface area contributed by atoms with Crippen molar-refractivity contribution in [2.45, 2.75) is 39.0 Å². The highest BCUT2D eigenvalue weighted by Crippen LogP contribution is 2.40. The smallest absolute Gasteiger partial charge is 0.354 e. The number of aromatic carboxylic acids is 1. The maximum absolute atomic E-state index is 12.1. The number of rotatable bonds is 5. The first-order valence-electron chi connectivity index (χ1n) is 7.04. The molecule has 1 fully saturated rings. The highest BCUT2D eigenvalue weighted by Gasteiger charge is 2.32. The molecule has 1 aromatic rings. The number of amides is 1. The Kier molecular flexibility index (Phi) is 4.37. The summed E-state index contributed by atoms with van der Waals surface area (Å²) in [4.78, 5) is 26.7. The molecule has 0 aromatic carbocycles. The van der Waals surface area contributed by atoms with E-state index in [9.17, 15) is 9.59 Å². The van der Waals surface area contributed by atoms with Crippen molar-refractivity contribution < 1.29 is 14.7 Å². The largest absolute Gasteiger partial charge is 0.477 e. The van der Waals surface area contributed by atoms with Gasteiger partial charge in [0.1, 0.15) is 5.69 Å². The lowest BCUT2D eigenvalue weighted by Gasteiger charge is -2.27. The summed E-state index contributed by atoms with van der Waals surface area (Å²) in [6.45, 7) is 2.82. The fourth-order valence-corrected chi connectivity index (χ4v) is 2.84. The van der Waals surface area contributed by atoms with E-state index in [1.807, 2.05) is 0 Å². The zero-order chi connectivity index (χ0) is 14.6. The summed E-state index contributed by atoms with van der Waals surface area (Å²) in [7, 11) is 0. The van der Waals surface area contributed by atoms with Gasteiger partial charge in [-0.3, -0.25) is 4.79 Å². The van der Waals surface area contributed by atoms with Crippen molar-refractivity contribution in [1.29, 1.82) is 0 Å². The molecule has 0 radical (unpaired) electrons. The molecule has 2 rings (SSSR count). The van der Waals surface area contributed by atoms with Crippen LogP contribution in [0.1, 0.15) is 59.9 Å². The molecule has 1 aliphatic carbocycles. The Labute approximate surface area is 118 Å². The van der Waals surface area contributed by atoms with Crippen molar-refractivity contribution in [1.82, 2.24) is 10.3 Å². The Hall–Kier alpha value is -1.91. The van der Waals surface area contributed by atoms with Gasteiger partial charge < -0.3 is 10.4 Å². The van der Waals surface area contributed by atoms with Crippen LogP contribution in [0.5, 0.6) is 0 Å². The minimum absolute atomic E-state index is 0.108. The summed E-state index contributed by atoms with van der Waals surface area (Å²) in [5, 5.41) is 11.8. The Balaban J connectivity index is 2.01. The van der Waals surface area contributed by atoms with E-state index < -0.39 is 5.97 Å². The SMILES string of the molecule is CCC1(CNC(=O)c2ccnc(C(=O)O)c2)CCCC1. The molecule has 20 heavy (non-hydrogen) atoms. The van der Waals surface area contributed by atoms with Crippen molar-refractivity contribution >= 4 is 11.9 Å². The monoisotopic (exact) mass is 276 g/mol. The molecule has 1 aromatic heterocycles. The van der Waals surface area contributed by atoms with E-state index in [0.29, 0.717) is 12.1 Å². The molecule has 0 atom stereocenters. The number of nitrogens with one attached hydrogen (secondary N) is 1. The first-order chi connectivity index (χ1) is 9.56. The molecule has 1 aliphatic rings. The summed E-state index contributed by atoms with van der Waals surface area (Å²) in [5.41, 5.74) is 0.462. The molecular weight excluding hydrogens is 256 g/mol.